The summed E-state index contributed by atoms with van der Waals surface area (Å²) in [6.45, 7) is 1.96. The molecular weight excluding hydrogens is 314 g/mol. The van der Waals surface area contributed by atoms with Crippen molar-refractivity contribution in [2.24, 2.45) is 0 Å². The summed E-state index contributed by atoms with van der Waals surface area (Å²) >= 11 is 5.99. The van der Waals surface area contributed by atoms with Crippen molar-refractivity contribution in [3.8, 4) is 16.9 Å². The summed E-state index contributed by atoms with van der Waals surface area (Å²) in [5.74, 6) is 0.539. The molecule has 0 saturated heterocycles. The van der Waals surface area contributed by atoms with Crippen molar-refractivity contribution < 1.29 is 4.74 Å². The highest BCUT2D eigenvalue weighted by atomic mass is 35.5. The minimum Gasteiger partial charge on any atom is -0.495 e. The smallest absolute Gasteiger partial charge is 0.250 e. The van der Waals surface area contributed by atoms with E-state index in [2.05, 4.69) is 5.32 Å². The zero-order chi connectivity index (χ0) is 16.6. The number of hydrogen-bond donors (Lipinski definition) is 1. The molecule has 3 aromatic carbocycles. The van der Waals surface area contributed by atoms with Gasteiger partial charge in [-0.05, 0) is 30.7 Å². The second-order valence-electron chi connectivity index (χ2n) is 5.24. The van der Waals surface area contributed by atoms with E-state index < -0.39 is 10.9 Å². The second kappa shape index (κ2) is 5.89. The lowest BCUT2D eigenvalue weighted by molar-refractivity contribution is 0.417. The van der Waals surface area contributed by atoms with E-state index in [9.17, 15) is 9.59 Å². The molecule has 116 valence electrons. The van der Waals surface area contributed by atoms with Crippen LogP contribution in [0.1, 0.15) is 5.56 Å². The van der Waals surface area contributed by atoms with Gasteiger partial charge in [0.15, 0.2) is 0 Å². The second-order valence-corrected chi connectivity index (χ2v) is 5.68. The molecule has 0 spiro atoms. The Labute approximate surface area is 138 Å². The molecule has 23 heavy (non-hydrogen) atoms. The number of anilines is 2. The summed E-state index contributed by atoms with van der Waals surface area (Å²) in [6, 6.07) is 12.5. The van der Waals surface area contributed by atoms with Crippen molar-refractivity contribution in [1.82, 2.24) is 0 Å². The van der Waals surface area contributed by atoms with Crippen molar-refractivity contribution in [2.75, 3.05) is 12.4 Å². The maximum absolute atomic E-state index is 12.0. The first-order valence-electron chi connectivity index (χ1n) is 7.02. The van der Waals surface area contributed by atoms with Crippen LogP contribution in [-0.2, 0) is 0 Å². The molecule has 0 bridgehead atoms. The van der Waals surface area contributed by atoms with Crippen LogP contribution in [0.2, 0.25) is 5.02 Å². The quantitative estimate of drug-likeness (QED) is 0.743. The van der Waals surface area contributed by atoms with Gasteiger partial charge in [0.2, 0.25) is 5.43 Å². The van der Waals surface area contributed by atoms with Crippen molar-refractivity contribution in [3.05, 3.63) is 73.5 Å². The maximum atomic E-state index is 12.0. The third kappa shape index (κ3) is 2.73. The van der Waals surface area contributed by atoms with Gasteiger partial charge in [-0.25, -0.2) is 0 Å². The third-order valence-corrected chi connectivity index (χ3v) is 3.91. The molecule has 0 atom stereocenters. The van der Waals surface area contributed by atoms with E-state index in [0.29, 0.717) is 27.6 Å². The first kappa shape index (κ1) is 15.3. The number of rotatable bonds is 4. The Hall–Kier alpha value is -2.59. The van der Waals surface area contributed by atoms with Gasteiger partial charge in [-0.2, -0.15) is 0 Å². The highest BCUT2D eigenvalue weighted by Gasteiger charge is 2.23. The van der Waals surface area contributed by atoms with E-state index in [4.69, 9.17) is 16.3 Å². The van der Waals surface area contributed by atoms with Crippen LogP contribution in [-0.4, -0.2) is 7.11 Å². The van der Waals surface area contributed by atoms with Gasteiger partial charge in [0.1, 0.15) is 11.4 Å². The summed E-state index contributed by atoms with van der Waals surface area (Å²) in [5.41, 5.74) is 1.96. The van der Waals surface area contributed by atoms with Crippen LogP contribution in [0.5, 0.6) is 5.75 Å². The topological polar surface area (TPSA) is 55.4 Å². The number of hydrogen-bond acceptors (Lipinski definition) is 4. The summed E-state index contributed by atoms with van der Waals surface area (Å²) in [6.07, 6.45) is 0. The van der Waals surface area contributed by atoms with Crippen molar-refractivity contribution >= 4 is 23.0 Å². The fourth-order valence-electron chi connectivity index (χ4n) is 2.42. The van der Waals surface area contributed by atoms with Crippen molar-refractivity contribution in [2.45, 2.75) is 6.92 Å². The number of aryl methyl sites for hydroxylation is 1. The van der Waals surface area contributed by atoms with Crippen LogP contribution in [0.3, 0.4) is 0 Å². The number of ether oxygens (including phenoxy) is 1. The summed E-state index contributed by atoms with van der Waals surface area (Å²) < 4.78 is 5.25. The van der Waals surface area contributed by atoms with E-state index in [0.717, 1.165) is 5.56 Å². The fourth-order valence-corrected chi connectivity index (χ4v) is 2.59. The Morgan fingerprint density at radius 3 is 2.35 bits per heavy atom. The Morgan fingerprint density at radius 2 is 1.70 bits per heavy atom. The monoisotopic (exact) mass is 327 g/mol. The van der Waals surface area contributed by atoms with Crippen molar-refractivity contribution in [1.29, 1.82) is 0 Å². The zero-order valence-corrected chi connectivity index (χ0v) is 13.4. The lowest BCUT2D eigenvalue weighted by atomic mass is 9.97. The van der Waals surface area contributed by atoms with Crippen LogP contribution < -0.4 is 20.9 Å². The van der Waals surface area contributed by atoms with Crippen LogP contribution in [0.4, 0.5) is 11.4 Å². The minimum atomic E-state index is -0.539. The third-order valence-electron chi connectivity index (χ3n) is 3.67. The van der Waals surface area contributed by atoms with Gasteiger partial charge in [-0.15, -0.1) is 0 Å². The van der Waals surface area contributed by atoms with E-state index in [1.165, 1.54) is 7.11 Å². The molecule has 3 rings (SSSR count). The van der Waals surface area contributed by atoms with Gasteiger partial charge in [-0.1, -0.05) is 41.4 Å². The van der Waals surface area contributed by atoms with Gasteiger partial charge in [0.25, 0.3) is 5.43 Å². The van der Waals surface area contributed by atoms with Crippen molar-refractivity contribution in [3.63, 3.8) is 0 Å². The standard InChI is InChI=1S/C18H14ClNO3/c1-10-3-5-11(6-4-10)15-16(18(22)17(15)21)20-13-9-12(19)7-8-14(13)23-2/h3-9,20H,1-2H3. The van der Waals surface area contributed by atoms with Crippen LogP contribution >= 0.6 is 11.6 Å². The average molecular weight is 328 g/mol. The molecule has 0 saturated carbocycles. The van der Waals surface area contributed by atoms with Crippen LogP contribution in [0, 0.1) is 6.92 Å². The lowest BCUT2D eigenvalue weighted by Gasteiger charge is -2.16. The molecule has 0 aliphatic heterocycles. The summed E-state index contributed by atoms with van der Waals surface area (Å²) in [4.78, 5) is 23.9. The highest BCUT2D eigenvalue weighted by molar-refractivity contribution is 6.31. The Balaban J connectivity index is 2.04. The molecule has 4 nitrogen and oxygen atoms in total. The number of halogens is 1. The molecule has 0 aliphatic rings. The summed E-state index contributed by atoms with van der Waals surface area (Å²) in [5, 5.41) is 3.49. The average Bonchev–Trinajstić information content (AvgIpc) is 2.56. The molecular formula is C18H14ClNO3. The SMILES string of the molecule is COc1ccc(Cl)cc1Nc1c(-c2ccc(C)cc2)c(=O)c1=O. The first-order valence-corrected chi connectivity index (χ1v) is 7.40. The molecule has 0 amide bonds. The first-order chi connectivity index (χ1) is 11.0. The van der Waals surface area contributed by atoms with E-state index in [1.807, 2.05) is 31.2 Å². The number of methoxy groups -OCH3 is 1. The normalized spacial score (nSPS) is 10.7. The van der Waals surface area contributed by atoms with E-state index >= 15 is 0 Å². The Morgan fingerprint density at radius 1 is 1.00 bits per heavy atom. The highest BCUT2D eigenvalue weighted by Crippen LogP contribution is 2.33. The number of benzene rings is 2. The van der Waals surface area contributed by atoms with Gasteiger partial charge in [0, 0.05) is 5.02 Å². The molecule has 0 unspecified atom stereocenters. The fraction of sp³-hybridized carbons (Fsp3) is 0.111. The molecule has 1 N–H and O–H groups in total. The zero-order valence-electron chi connectivity index (χ0n) is 12.6. The van der Waals surface area contributed by atoms with E-state index in [-0.39, 0.29) is 5.69 Å². The van der Waals surface area contributed by atoms with Gasteiger partial charge < -0.3 is 10.1 Å². The summed E-state index contributed by atoms with van der Waals surface area (Å²) in [7, 11) is 1.53. The molecule has 0 aliphatic carbocycles. The number of nitrogens with one attached hydrogen (secondary N) is 1. The minimum absolute atomic E-state index is 0.263. The maximum Gasteiger partial charge on any atom is 0.250 e. The molecule has 0 fully saturated rings. The van der Waals surface area contributed by atoms with Gasteiger partial charge in [-0.3, -0.25) is 9.59 Å². The predicted octanol–water partition coefficient (Wildman–Crippen LogP) is 3.66. The molecule has 3 aromatic rings. The molecule has 0 radical (unpaired) electrons. The van der Waals surface area contributed by atoms with Crippen LogP contribution in [0.15, 0.2) is 52.1 Å². The predicted molar refractivity (Wildman–Crippen MR) is 92.8 cm³/mol. The molecule has 0 heterocycles. The van der Waals surface area contributed by atoms with Gasteiger partial charge in [0.05, 0.1) is 18.4 Å². The Bertz CT molecular complexity index is 938. The molecule has 0 aromatic heterocycles. The largest absolute Gasteiger partial charge is 0.495 e. The Kier molecular flexibility index (Phi) is 3.92. The van der Waals surface area contributed by atoms with Gasteiger partial charge >= 0.3 is 0 Å². The van der Waals surface area contributed by atoms with E-state index in [1.54, 1.807) is 18.2 Å². The van der Waals surface area contributed by atoms with Crippen LogP contribution in [0.25, 0.3) is 11.1 Å². The molecule has 5 heteroatoms. The lowest BCUT2D eigenvalue weighted by Crippen LogP contribution is -2.35.